The van der Waals surface area contributed by atoms with E-state index in [2.05, 4.69) is 35.2 Å². The number of rotatable bonds is 8. The summed E-state index contributed by atoms with van der Waals surface area (Å²) in [5.74, 6) is -0.607. The quantitative estimate of drug-likeness (QED) is 0.306. The van der Waals surface area contributed by atoms with Gasteiger partial charge in [-0.25, -0.2) is 9.78 Å². The first-order valence-corrected chi connectivity index (χ1v) is 11.6. The Morgan fingerprint density at radius 3 is 2.82 bits per heavy atom. The molecule has 7 nitrogen and oxygen atoms in total. The Balaban J connectivity index is 1.44. The van der Waals surface area contributed by atoms with Crippen LogP contribution in [0.2, 0.25) is 0 Å². The number of H-pyrrole nitrogens is 1. The summed E-state index contributed by atoms with van der Waals surface area (Å²) in [4.78, 5) is 32.7. The van der Waals surface area contributed by atoms with Crippen LogP contribution in [-0.4, -0.2) is 45.3 Å². The van der Waals surface area contributed by atoms with Gasteiger partial charge in [-0.1, -0.05) is 42.1 Å². The lowest BCUT2D eigenvalue weighted by molar-refractivity contribution is -0.144. The fourth-order valence-corrected chi connectivity index (χ4v) is 4.58. The molecule has 2 heterocycles. The number of esters is 1. The summed E-state index contributed by atoms with van der Waals surface area (Å²) in [6.45, 7) is 4.13. The molecule has 0 aliphatic carbocycles. The van der Waals surface area contributed by atoms with Gasteiger partial charge < -0.3 is 15.0 Å². The van der Waals surface area contributed by atoms with Crippen LogP contribution >= 0.6 is 11.8 Å². The number of ether oxygens (including phenoxy) is 1. The molecule has 0 saturated carbocycles. The number of aromatic nitrogens is 3. The van der Waals surface area contributed by atoms with E-state index < -0.39 is 12.0 Å². The molecular formula is C25H26N4O3S. The zero-order valence-corrected chi connectivity index (χ0v) is 19.6. The molecule has 0 aliphatic heterocycles. The number of aryl methyl sites for hydroxylation is 1. The molecule has 0 aliphatic rings. The second-order valence-electron chi connectivity index (χ2n) is 7.79. The number of aromatic amines is 1. The molecule has 0 saturated heterocycles. The number of hydrogen-bond donors (Lipinski definition) is 2. The Hall–Kier alpha value is -3.52. The summed E-state index contributed by atoms with van der Waals surface area (Å²) in [5, 5.41) is 4.56. The zero-order chi connectivity index (χ0) is 23.4. The first kappa shape index (κ1) is 22.7. The molecule has 33 heavy (non-hydrogen) atoms. The minimum atomic E-state index is -0.777. The number of nitrogens with zero attached hydrogens (tertiary/aromatic N) is 2. The van der Waals surface area contributed by atoms with Crippen molar-refractivity contribution in [3.63, 3.8) is 0 Å². The smallest absolute Gasteiger partial charge is 0.328 e. The van der Waals surface area contributed by atoms with E-state index in [0.717, 1.165) is 27.7 Å². The summed E-state index contributed by atoms with van der Waals surface area (Å²) in [7, 11) is 1.33. The third-order valence-corrected chi connectivity index (χ3v) is 6.66. The van der Waals surface area contributed by atoms with Crippen LogP contribution in [0, 0.1) is 13.8 Å². The lowest BCUT2D eigenvalue weighted by atomic mass is 10.0. The van der Waals surface area contributed by atoms with Crippen LogP contribution in [0.1, 0.15) is 16.7 Å². The molecule has 1 amide bonds. The lowest BCUT2D eigenvalue weighted by Crippen LogP contribution is -2.43. The van der Waals surface area contributed by atoms with Gasteiger partial charge in [0.15, 0.2) is 5.16 Å². The highest BCUT2D eigenvalue weighted by Crippen LogP contribution is 2.24. The van der Waals surface area contributed by atoms with E-state index in [9.17, 15) is 9.59 Å². The Morgan fingerprint density at radius 1 is 1.18 bits per heavy atom. The van der Waals surface area contributed by atoms with Gasteiger partial charge in [0.05, 0.1) is 18.6 Å². The van der Waals surface area contributed by atoms with Crippen molar-refractivity contribution >= 4 is 34.5 Å². The highest BCUT2D eigenvalue weighted by atomic mass is 32.2. The number of fused-ring (bicyclic) bond motifs is 1. The van der Waals surface area contributed by atoms with E-state index in [1.807, 2.05) is 53.4 Å². The number of benzene rings is 2. The molecule has 0 radical (unpaired) electrons. The van der Waals surface area contributed by atoms with Crippen molar-refractivity contribution in [3.05, 3.63) is 77.7 Å². The normalized spacial score (nSPS) is 12.0. The van der Waals surface area contributed by atoms with Crippen molar-refractivity contribution in [3.8, 4) is 5.69 Å². The fourth-order valence-electron chi connectivity index (χ4n) is 3.80. The van der Waals surface area contributed by atoms with Gasteiger partial charge in [0.1, 0.15) is 6.04 Å². The summed E-state index contributed by atoms with van der Waals surface area (Å²) >= 11 is 1.32. The van der Waals surface area contributed by atoms with Crippen molar-refractivity contribution < 1.29 is 14.3 Å². The van der Waals surface area contributed by atoms with Crippen LogP contribution < -0.4 is 5.32 Å². The third-order valence-electron chi connectivity index (χ3n) is 5.69. The molecule has 1 unspecified atom stereocenters. The Bertz CT molecular complexity index is 1290. The predicted octanol–water partition coefficient (Wildman–Crippen LogP) is 3.96. The van der Waals surface area contributed by atoms with Gasteiger partial charge in [0.25, 0.3) is 0 Å². The number of amides is 1. The van der Waals surface area contributed by atoms with Crippen LogP contribution in [0.25, 0.3) is 16.6 Å². The Labute approximate surface area is 196 Å². The van der Waals surface area contributed by atoms with Crippen molar-refractivity contribution in [2.24, 2.45) is 0 Å². The van der Waals surface area contributed by atoms with Gasteiger partial charge in [0.2, 0.25) is 5.91 Å². The molecule has 0 bridgehead atoms. The molecule has 8 heteroatoms. The minimum Gasteiger partial charge on any atom is -0.467 e. The molecule has 4 rings (SSSR count). The lowest BCUT2D eigenvalue weighted by Gasteiger charge is -2.16. The maximum Gasteiger partial charge on any atom is 0.328 e. The number of carbonyl (C=O) groups is 2. The van der Waals surface area contributed by atoms with E-state index in [1.165, 1.54) is 24.4 Å². The van der Waals surface area contributed by atoms with Crippen molar-refractivity contribution in [1.82, 2.24) is 19.9 Å². The average Bonchev–Trinajstić information content (AvgIpc) is 3.46. The standard InChI is InChI=1S/C25H26N4O3S/c1-16-7-6-10-22(17(16)2)29-12-11-26-25(29)33-15-23(30)28-21(24(31)32-3)13-18-14-27-20-9-5-4-8-19(18)20/h4-12,14,21,27H,13,15H2,1-3H3,(H,28,30). The van der Waals surface area contributed by atoms with Crippen molar-refractivity contribution in [1.29, 1.82) is 0 Å². The van der Waals surface area contributed by atoms with Gasteiger partial charge in [-0.2, -0.15) is 0 Å². The number of hydrogen-bond acceptors (Lipinski definition) is 5. The Kier molecular flexibility index (Phi) is 6.84. The maximum atomic E-state index is 12.7. The van der Waals surface area contributed by atoms with Gasteiger partial charge >= 0.3 is 5.97 Å². The van der Waals surface area contributed by atoms with E-state index in [1.54, 1.807) is 6.20 Å². The molecule has 0 spiro atoms. The number of imidazole rings is 1. The summed E-state index contributed by atoms with van der Waals surface area (Å²) in [5.41, 5.74) is 5.30. The van der Waals surface area contributed by atoms with Gasteiger partial charge in [0, 0.05) is 35.9 Å². The molecule has 1 atom stereocenters. The molecule has 4 aromatic rings. The molecule has 170 valence electrons. The molecular weight excluding hydrogens is 436 g/mol. The number of carbonyl (C=O) groups excluding carboxylic acids is 2. The van der Waals surface area contributed by atoms with Crippen LogP contribution in [0.5, 0.6) is 0 Å². The number of thioether (sulfide) groups is 1. The average molecular weight is 463 g/mol. The largest absolute Gasteiger partial charge is 0.467 e. The highest BCUT2D eigenvalue weighted by molar-refractivity contribution is 7.99. The molecule has 2 aromatic carbocycles. The van der Waals surface area contributed by atoms with Crippen LogP contribution in [0.4, 0.5) is 0 Å². The van der Waals surface area contributed by atoms with Crippen molar-refractivity contribution in [2.45, 2.75) is 31.5 Å². The topological polar surface area (TPSA) is 89.0 Å². The minimum absolute atomic E-state index is 0.128. The second kappa shape index (κ2) is 9.95. The van der Waals surface area contributed by atoms with Crippen LogP contribution in [-0.2, 0) is 20.7 Å². The SMILES string of the molecule is COC(=O)C(Cc1c[nH]c2ccccc12)NC(=O)CSc1nccn1-c1cccc(C)c1C. The molecule has 2 aromatic heterocycles. The predicted molar refractivity (Wildman–Crippen MR) is 130 cm³/mol. The van der Waals surface area contributed by atoms with Gasteiger partial charge in [-0.3, -0.25) is 9.36 Å². The summed E-state index contributed by atoms with van der Waals surface area (Å²) in [6.07, 6.45) is 5.80. The van der Waals surface area contributed by atoms with Gasteiger partial charge in [-0.05, 0) is 42.7 Å². The third kappa shape index (κ3) is 4.96. The zero-order valence-electron chi connectivity index (χ0n) is 18.8. The number of methoxy groups -OCH3 is 1. The van der Waals surface area contributed by atoms with E-state index in [4.69, 9.17) is 4.74 Å². The Morgan fingerprint density at radius 2 is 2.00 bits per heavy atom. The van der Waals surface area contributed by atoms with E-state index in [0.29, 0.717) is 11.6 Å². The van der Waals surface area contributed by atoms with E-state index in [-0.39, 0.29) is 11.7 Å². The molecule has 0 fully saturated rings. The first-order valence-electron chi connectivity index (χ1n) is 10.6. The maximum absolute atomic E-state index is 12.7. The van der Waals surface area contributed by atoms with Crippen molar-refractivity contribution in [2.75, 3.05) is 12.9 Å². The number of nitrogens with one attached hydrogen (secondary N) is 2. The first-order chi connectivity index (χ1) is 16.0. The molecule has 2 N–H and O–H groups in total. The van der Waals surface area contributed by atoms with Crippen LogP contribution in [0.15, 0.2) is 66.2 Å². The van der Waals surface area contributed by atoms with Crippen LogP contribution in [0.3, 0.4) is 0 Å². The summed E-state index contributed by atoms with van der Waals surface area (Å²) < 4.78 is 6.91. The monoisotopic (exact) mass is 462 g/mol. The highest BCUT2D eigenvalue weighted by Gasteiger charge is 2.23. The fraction of sp³-hybridized carbons (Fsp3) is 0.240. The van der Waals surface area contributed by atoms with Gasteiger partial charge in [-0.15, -0.1) is 0 Å². The summed E-state index contributed by atoms with van der Waals surface area (Å²) in [6, 6.07) is 13.2. The number of para-hydroxylation sites is 1. The van der Waals surface area contributed by atoms with E-state index >= 15 is 0 Å². The second-order valence-corrected chi connectivity index (χ2v) is 8.74.